The molecule has 0 saturated heterocycles. The van der Waals surface area contributed by atoms with Gasteiger partial charge in [-0.25, -0.2) is 9.89 Å². The van der Waals surface area contributed by atoms with Crippen molar-refractivity contribution in [2.24, 2.45) is 0 Å². The first-order chi connectivity index (χ1) is 9.02. The van der Waals surface area contributed by atoms with Crippen molar-refractivity contribution in [3.63, 3.8) is 0 Å². The molecule has 0 saturated carbocycles. The lowest BCUT2D eigenvalue weighted by molar-refractivity contribution is 0.279. The zero-order valence-electron chi connectivity index (χ0n) is 11.2. The Morgan fingerprint density at radius 3 is 2.84 bits per heavy atom. The minimum atomic E-state index is -0.213. The maximum absolute atomic E-state index is 11.7. The standard InChI is InChI=1S/C13H17N3O2S/c1-8(2)16-12(18)14-15-13(16)19-11-5-4-9(3)6-10(11)7-17/h4-6,8,17H,7H2,1-3H3,(H,14,18). The first kappa shape index (κ1) is 13.9. The van der Waals surface area contributed by atoms with Gasteiger partial charge in [0.05, 0.1) is 6.61 Å². The molecule has 1 heterocycles. The van der Waals surface area contributed by atoms with Crippen LogP contribution in [0, 0.1) is 6.92 Å². The third kappa shape index (κ3) is 2.90. The molecule has 0 bridgehead atoms. The Kier molecular flexibility index (Phi) is 4.11. The maximum atomic E-state index is 11.7. The van der Waals surface area contributed by atoms with Gasteiger partial charge >= 0.3 is 5.69 Å². The van der Waals surface area contributed by atoms with Crippen LogP contribution < -0.4 is 5.69 Å². The van der Waals surface area contributed by atoms with Crippen LogP contribution in [0.4, 0.5) is 0 Å². The first-order valence-electron chi connectivity index (χ1n) is 6.08. The highest BCUT2D eigenvalue weighted by molar-refractivity contribution is 7.99. The lowest BCUT2D eigenvalue weighted by Crippen LogP contribution is -2.19. The Balaban J connectivity index is 2.39. The Morgan fingerprint density at radius 1 is 1.47 bits per heavy atom. The minimum Gasteiger partial charge on any atom is -0.392 e. The van der Waals surface area contributed by atoms with Gasteiger partial charge in [-0.2, -0.15) is 0 Å². The van der Waals surface area contributed by atoms with Gasteiger partial charge in [0.1, 0.15) is 0 Å². The third-order valence-corrected chi connectivity index (χ3v) is 3.86. The quantitative estimate of drug-likeness (QED) is 0.899. The van der Waals surface area contributed by atoms with Crippen molar-refractivity contribution in [3.05, 3.63) is 39.8 Å². The molecule has 0 atom stereocenters. The van der Waals surface area contributed by atoms with Crippen molar-refractivity contribution >= 4 is 11.8 Å². The van der Waals surface area contributed by atoms with E-state index < -0.39 is 0 Å². The third-order valence-electron chi connectivity index (χ3n) is 2.78. The van der Waals surface area contributed by atoms with Gasteiger partial charge in [0.2, 0.25) is 0 Å². The molecular formula is C13H17N3O2S. The maximum Gasteiger partial charge on any atom is 0.344 e. The number of nitrogens with one attached hydrogen (secondary N) is 1. The predicted octanol–water partition coefficient (Wildman–Crippen LogP) is 2.10. The van der Waals surface area contributed by atoms with Crippen LogP contribution >= 0.6 is 11.8 Å². The second-order valence-corrected chi connectivity index (χ2v) is 5.66. The van der Waals surface area contributed by atoms with Crippen LogP contribution in [0.1, 0.15) is 31.0 Å². The topological polar surface area (TPSA) is 70.9 Å². The van der Waals surface area contributed by atoms with Gasteiger partial charge in [-0.1, -0.05) is 17.7 Å². The molecule has 2 N–H and O–H groups in total. The summed E-state index contributed by atoms with van der Waals surface area (Å²) < 4.78 is 1.60. The average molecular weight is 279 g/mol. The normalized spacial score (nSPS) is 11.2. The SMILES string of the molecule is Cc1ccc(Sc2n[nH]c(=O)n2C(C)C)c(CO)c1. The molecule has 0 aliphatic rings. The monoisotopic (exact) mass is 279 g/mol. The number of rotatable bonds is 4. The zero-order chi connectivity index (χ0) is 14.0. The Morgan fingerprint density at radius 2 is 2.21 bits per heavy atom. The van der Waals surface area contributed by atoms with Crippen molar-refractivity contribution in [1.29, 1.82) is 0 Å². The van der Waals surface area contributed by atoms with Crippen molar-refractivity contribution in [2.75, 3.05) is 0 Å². The fourth-order valence-electron chi connectivity index (χ4n) is 1.85. The second kappa shape index (κ2) is 5.63. The number of aromatic amines is 1. The summed E-state index contributed by atoms with van der Waals surface area (Å²) in [5.41, 5.74) is 1.72. The average Bonchev–Trinajstić information content (AvgIpc) is 2.72. The van der Waals surface area contributed by atoms with Crippen LogP contribution in [-0.4, -0.2) is 19.9 Å². The first-order valence-corrected chi connectivity index (χ1v) is 6.89. The summed E-state index contributed by atoms with van der Waals surface area (Å²) >= 11 is 1.38. The Bertz CT molecular complexity index is 631. The van der Waals surface area contributed by atoms with Crippen LogP contribution in [-0.2, 0) is 6.61 Å². The van der Waals surface area contributed by atoms with E-state index in [2.05, 4.69) is 10.2 Å². The van der Waals surface area contributed by atoms with E-state index in [0.29, 0.717) is 5.16 Å². The largest absolute Gasteiger partial charge is 0.392 e. The van der Waals surface area contributed by atoms with Crippen LogP contribution in [0.2, 0.25) is 0 Å². The smallest absolute Gasteiger partial charge is 0.344 e. The van der Waals surface area contributed by atoms with E-state index in [9.17, 15) is 9.90 Å². The summed E-state index contributed by atoms with van der Waals surface area (Å²) in [6, 6.07) is 5.89. The summed E-state index contributed by atoms with van der Waals surface area (Å²) in [5, 5.41) is 16.5. The number of hydrogen-bond donors (Lipinski definition) is 2. The van der Waals surface area contributed by atoms with E-state index in [1.54, 1.807) is 4.57 Å². The zero-order valence-corrected chi connectivity index (χ0v) is 12.0. The summed E-state index contributed by atoms with van der Waals surface area (Å²) in [6.07, 6.45) is 0. The number of aliphatic hydroxyl groups excluding tert-OH is 1. The molecule has 102 valence electrons. The van der Waals surface area contributed by atoms with Gasteiger partial charge in [0, 0.05) is 10.9 Å². The number of aryl methyl sites for hydroxylation is 1. The van der Waals surface area contributed by atoms with E-state index in [4.69, 9.17) is 0 Å². The van der Waals surface area contributed by atoms with E-state index in [0.717, 1.165) is 16.0 Å². The summed E-state index contributed by atoms with van der Waals surface area (Å²) in [7, 11) is 0. The molecule has 0 spiro atoms. The molecular weight excluding hydrogens is 262 g/mol. The molecule has 0 radical (unpaired) electrons. The van der Waals surface area contributed by atoms with Gasteiger partial charge in [-0.05, 0) is 44.2 Å². The molecule has 6 heteroatoms. The van der Waals surface area contributed by atoms with Crippen LogP contribution in [0.3, 0.4) is 0 Å². The molecule has 2 rings (SSSR count). The number of aromatic nitrogens is 3. The minimum absolute atomic E-state index is 0.0274. The molecule has 0 unspecified atom stereocenters. The Labute approximate surface area is 115 Å². The van der Waals surface area contributed by atoms with Crippen molar-refractivity contribution < 1.29 is 5.11 Å². The summed E-state index contributed by atoms with van der Waals surface area (Å²) in [6.45, 7) is 5.82. The molecule has 19 heavy (non-hydrogen) atoms. The molecule has 0 aliphatic heterocycles. The molecule has 0 amide bonds. The van der Waals surface area contributed by atoms with Gasteiger partial charge in [0.15, 0.2) is 5.16 Å². The van der Waals surface area contributed by atoms with Gasteiger partial charge < -0.3 is 5.11 Å². The Hall–Kier alpha value is -1.53. The number of nitrogens with zero attached hydrogens (tertiary/aromatic N) is 2. The summed E-state index contributed by atoms with van der Waals surface area (Å²) in [4.78, 5) is 12.6. The van der Waals surface area contributed by atoms with E-state index in [1.165, 1.54) is 11.8 Å². The highest BCUT2D eigenvalue weighted by Gasteiger charge is 2.14. The molecule has 5 nitrogen and oxygen atoms in total. The highest BCUT2D eigenvalue weighted by atomic mass is 32.2. The van der Waals surface area contributed by atoms with Gasteiger partial charge in [-0.15, -0.1) is 5.10 Å². The van der Waals surface area contributed by atoms with Crippen LogP contribution in [0.25, 0.3) is 0 Å². The summed E-state index contributed by atoms with van der Waals surface area (Å²) in [5.74, 6) is 0. The van der Waals surface area contributed by atoms with Gasteiger partial charge in [-0.3, -0.25) is 4.57 Å². The van der Waals surface area contributed by atoms with E-state index in [-0.39, 0.29) is 18.3 Å². The number of aliphatic hydroxyl groups is 1. The van der Waals surface area contributed by atoms with Crippen molar-refractivity contribution in [3.8, 4) is 0 Å². The molecule has 1 aromatic carbocycles. The predicted molar refractivity (Wildman–Crippen MR) is 74.5 cm³/mol. The number of H-pyrrole nitrogens is 1. The van der Waals surface area contributed by atoms with Crippen LogP contribution in [0.5, 0.6) is 0 Å². The van der Waals surface area contributed by atoms with E-state index in [1.807, 2.05) is 39.0 Å². The molecule has 0 fully saturated rings. The van der Waals surface area contributed by atoms with E-state index >= 15 is 0 Å². The second-order valence-electron chi connectivity index (χ2n) is 4.65. The van der Waals surface area contributed by atoms with Crippen molar-refractivity contribution in [2.45, 2.75) is 43.5 Å². The lowest BCUT2D eigenvalue weighted by Gasteiger charge is -2.10. The molecule has 0 aliphatic carbocycles. The number of hydrogen-bond acceptors (Lipinski definition) is 4. The highest BCUT2D eigenvalue weighted by Crippen LogP contribution is 2.30. The van der Waals surface area contributed by atoms with Crippen molar-refractivity contribution in [1.82, 2.24) is 14.8 Å². The lowest BCUT2D eigenvalue weighted by atomic mass is 10.1. The molecule has 2 aromatic rings. The fraction of sp³-hybridized carbons (Fsp3) is 0.385. The van der Waals surface area contributed by atoms with Gasteiger partial charge in [0.25, 0.3) is 0 Å². The molecule has 1 aromatic heterocycles. The number of benzene rings is 1. The van der Waals surface area contributed by atoms with Crippen LogP contribution in [0.15, 0.2) is 33.0 Å². The fourth-order valence-corrected chi connectivity index (χ4v) is 2.92.